The number of ketones is 2. The second kappa shape index (κ2) is 5.62. The van der Waals surface area contributed by atoms with Crippen molar-refractivity contribution in [2.24, 2.45) is 34.5 Å². The van der Waals surface area contributed by atoms with Gasteiger partial charge in [-0.1, -0.05) is 32.4 Å². The lowest BCUT2D eigenvalue weighted by atomic mass is 9.45. The van der Waals surface area contributed by atoms with Gasteiger partial charge in [-0.3, -0.25) is 9.59 Å². The van der Waals surface area contributed by atoms with Crippen LogP contribution in [-0.4, -0.2) is 34.0 Å². The van der Waals surface area contributed by atoms with E-state index in [-0.39, 0.29) is 17.1 Å². The highest BCUT2D eigenvalue weighted by molar-refractivity contribution is 6.01. The fourth-order valence-corrected chi connectivity index (χ4v) is 7.22. The van der Waals surface area contributed by atoms with Gasteiger partial charge in [-0.25, -0.2) is 0 Å². The average molecular weight is 358 g/mol. The monoisotopic (exact) mass is 358 g/mol. The molecule has 3 unspecified atom stereocenters. The number of allylic oxidation sites excluding steroid dienone is 4. The van der Waals surface area contributed by atoms with Crippen LogP contribution in [0.4, 0.5) is 0 Å². The molecule has 0 aliphatic heterocycles. The standard InChI is InChI=1S/C22H30O4/c1-13-10-15-16(20(2)7-4-14(24)11-18(13)20)5-8-21(3)17(15)6-9-22(21,26)19(25)12-23/h4,7,11,13,15-17,23,26H,5-6,8-10,12H2,1-3H3/t13-,15?,16?,17?,20+,21-,22-/m0/s1. The number of Topliss-reactive ketones (excluding diaryl/α,β-unsaturated/α-hetero) is 1. The summed E-state index contributed by atoms with van der Waals surface area (Å²) in [5.74, 6) is 1.17. The molecular weight excluding hydrogens is 328 g/mol. The normalized spacial score (nSPS) is 49.9. The Labute approximate surface area is 155 Å². The Hall–Kier alpha value is -1.26. The SMILES string of the molecule is C[C@H]1CC2C(CC[C@@]3(C)C2CC[C@]3(O)C(=O)CO)[C@@]2(C)C=CC(=O)C=C12. The predicted molar refractivity (Wildman–Crippen MR) is 98.2 cm³/mol. The second-order valence-electron chi connectivity index (χ2n) is 9.57. The lowest BCUT2D eigenvalue weighted by molar-refractivity contribution is -0.164. The maximum atomic E-state index is 12.4. The van der Waals surface area contributed by atoms with E-state index in [1.54, 1.807) is 6.08 Å². The van der Waals surface area contributed by atoms with Gasteiger partial charge in [0.15, 0.2) is 11.6 Å². The van der Waals surface area contributed by atoms with Crippen LogP contribution in [-0.2, 0) is 9.59 Å². The van der Waals surface area contributed by atoms with Crippen LogP contribution < -0.4 is 0 Å². The van der Waals surface area contributed by atoms with E-state index >= 15 is 0 Å². The fourth-order valence-electron chi connectivity index (χ4n) is 7.22. The van der Waals surface area contributed by atoms with E-state index in [9.17, 15) is 19.8 Å². The van der Waals surface area contributed by atoms with Crippen LogP contribution in [0.3, 0.4) is 0 Å². The molecular formula is C22H30O4. The number of rotatable bonds is 2. The first kappa shape index (κ1) is 18.1. The van der Waals surface area contributed by atoms with Crippen LogP contribution >= 0.6 is 0 Å². The van der Waals surface area contributed by atoms with Gasteiger partial charge < -0.3 is 10.2 Å². The molecule has 4 rings (SSSR count). The van der Waals surface area contributed by atoms with Gasteiger partial charge in [0.2, 0.25) is 0 Å². The van der Waals surface area contributed by atoms with Gasteiger partial charge in [0.25, 0.3) is 0 Å². The van der Waals surface area contributed by atoms with Crippen molar-refractivity contribution in [3.05, 3.63) is 23.8 Å². The molecule has 26 heavy (non-hydrogen) atoms. The van der Waals surface area contributed by atoms with Gasteiger partial charge in [-0.2, -0.15) is 0 Å². The van der Waals surface area contributed by atoms with Crippen molar-refractivity contribution in [1.82, 2.24) is 0 Å². The molecule has 4 heteroatoms. The quantitative estimate of drug-likeness (QED) is 0.796. The highest BCUT2D eigenvalue weighted by atomic mass is 16.3. The minimum absolute atomic E-state index is 0.0900. The lowest BCUT2D eigenvalue weighted by Gasteiger charge is -2.59. The number of aliphatic hydroxyl groups excluding tert-OH is 1. The van der Waals surface area contributed by atoms with E-state index in [1.807, 2.05) is 6.08 Å². The lowest BCUT2D eigenvalue weighted by Crippen LogP contribution is -2.58. The molecule has 4 aliphatic carbocycles. The average Bonchev–Trinajstić information content (AvgIpc) is 2.88. The van der Waals surface area contributed by atoms with Crippen molar-refractivity contribution >= 4 is 11.6 Å². The van der Waals surface area contributed by atoms with Crippen LogP contribution in [0.1, 0.15) is 52.9 Å². The van der Waals surface area contributed by atoms with Crippen LogP contribution in [0.5, 0.6) is 0 Å². The number of aliphatic hydroxyl groups is 2. The van der Waals surface area contributed by atoms with E-state index in [1.165, 1.54) is 5.57 Å². The van der Waals surface area contributed by atoms with Crippen LogP contribution in [0.15, 0.2) is 23.8 Å². The third-order valence-electron chi connectivity index (χ3n) is 8.63. The summed E-state index contributed by atoms with van der Waals surface area (Å²) >= 11 is 0. The van der Waals surface area contributed by atoms with E-state index in [2.05, 4.69) is 26.8 Å². The molecule has 0 spiro atoms. The molecule has 4 aliphatic rings. The minimum Gasteiger partial charge on any atom is -0.388 e. The molecule has 0 aromatic heterocycles. The molecule has 0 aromatic rings. The second-order valence-corrected chi connectivity index (χ2v) is 9.57. The molecule has 4 nitrogen and oxygen atoms in total. The van der Waals surface area contributed by atoms with Gasteiger partial charge in [0.05, 0.1) is 0 Å². The molecule has 2 N–H and O–H groups in total. The first-order valence-electron chi connectivity index (χ1n) is 9.99. The molecule has 0 saturated heterocycles. The Bertz CT molecular complexity index is 722. The van der Waals surface area contributed by atoms with Crippen molar-refractivity contribution in [3.63, 3.8) is 0 Å². The highest BCUT2D eigenvalue weighted by Gasteiger charge is 2.66. The summed E-state index contributed by atoms with van der Waals surface area (Å²) in [6.45, 7) is 5.95. The molecule has 0 aromatic carbocycles. The number of fused-ring (bicyclic) bond motifs is 5. The van der Waals surface area contributed by atoms with E-state index in [0.717, 1.165) is 25.7 Å². The van der Waals surface area contributed by atoms with E-state index < -0.39 is 23.4 Å². The summed E-state index contributed by atoms with van der Waals surface area (Å²) < 4.78 is 0. The molecule has 7 atom stereocenters. The van der Waals surface area contributed by atoms with Crippen molar-refractivity contribution < 1.29 is 19.8 Å². The zero-order valence-corrected chi connectivity index (χ0v) is 16.0. The predicted octanol–water partition coefficient (Wildman–Crippen LogP) is 2.83. The van der Waals surface area contributed by atoms with E-state index in [4.69, 9.17) is 0 Å². The Morgan fingerprint density at radius 2 is 1.92 bits per heavy atom. The Morgan fingerprint density at radius 3 is 2.62 bits per heavy atom. The van der Waals surface area contributed by atoms with Crippen molar-refractivity contribution in [3.8, 4) is 0 Å². The highest BCUT2D eigenvalue weighted by Crippen LogP contribution is 2.67. The van der Waals surface area contributed by atoms with Gasteiger partial charge in [0, 0.05) is 10.8 Å². The number of carbonyl (C=O) groups excluding carboxylic acids is 2. The van der Waals surface area contributed by atoms with E-state index in [0.29, 0.717) is 24.2 Å². The van der Waals surface area contributed by atoms with Crippen LogP contribution in [0.2, 0.25) is 0 Å². The number of hydrogen-bond donors (Lipinski definition) is 2. The number of hydrogen-bond acceptors (Lipinski definition) is 4. The van der Waals surface area contributed by atoms with Crippen LogP contribution in [0, 0.1) is 34.5 Å². The molecule has 3 fully saturated rings. The first-order valence-corrected chi connectivity index (χ1v) is 9.99. The molecule has 3 saturated carbocycles. The molecule has 0 bridgehead atoms. The smallest absolute Gasteiger partial charge is 0.190 e. The van der Waals surface area contributed by atoms with Crippen molar-refractivity contribution in [2.75, 3.05) is 6.61 Å². The fraction of sp³-hybridized carbons (Fsp3) is 0.727. The summed E-state index contributed by atoms with van der Waals surface area (Å²) in [5.41, 5.74) is -0.691. The molecule has 0 amide bonds. The van der Waals surface area contributed by atoms with Gasteiger partial charge in [0.1, 0.15) is 12.2 Å². The molecule has 142 valence electrons. The summed E-state index contributed by atoms with van der Waals surface area (Å²) in [5, 5.41) is 20.6. The zero-order valence-electron chi connectivity index (χ0n) is 16.0. The van der Waals surface area contributed by atoms with Crippen molar-refractivity contribution in [1.29, 1.82) is 0 Å². The number of carbonyl (C=O) groups is 2. The Balaban J connectivity index is 1.73. The molecule has 0 heterocycles. The summed E-state index contributed by atoms with van der Waals surface area (Å²) in [7, 11) is 0. The largest absolute Gasteiger partial charge is 0.388 e. The summed E-state index contributed by atoms with van der Waals surface area (Å²) in [6.07, 6.45) is 9.71. The third-order valence-corrected chi connectivity index (χ3v) is 8.63. The maximum absolute atomic E-state index is 12.4. The topological polar surface area (TPSA) is 74.6 Å². The summed E-state index contributed by atoms with van der Waals surface area (Å²) in [4.78, 5) is 24.3. The van der Waals surface area contributed by atoms with Gasteiger partial charge in [-0.15, -0.1) is 0 Å². The van der Waals surface area contributed by atoms with Gasteiger partial charge >= 0.3 is 0 Å². The minimum atomic E-state index is -1.39. The van der Waals surface area contributed by atoms with Gasteiger partial charge in [-0.05, 0) is 67.9 Å². The summed E-state index contributed by atoms with van der Waals surface area (Å²) in [6, 6.07) is 0. The van der Waals surface area contributed by atoms with Crippen LogP contribution in [0.25, 0.3) is 0 Å². The zero-order chi connectivity index (χ0) is 18.9. The van der Waals surface area contributed by atoms with Crippen molar-refractivity contribution in [2.45, 2.75) is 58.5 Å². The Kier molecular flexibility index (Phi) is 3.92. The first-order chi connectivity index (χ1) is 12.2. The Morgan fingerprint density at radius 1 is 1.23 bits per heavy atom. The maximum Gasteiger partial charge on any atom is 0.190 e. The third kappa shape index (κ3) is 2.09. The molecule has 0 radical (unpaired) electrons.